The molecule has 1 aromatic rings. The van der Waals surface area contributed by atoms with Crippen molar-refractivity contribution in [3.8, 4) is 0 Å². The first-order valence-corrected chi connectivity index (χ1v) is 11.3. The summed E-state index contributed by atoms with van der Waals surface area (Å²) < 4.78 is 0. The number of rotatable bonds is 11. The van der Waals surface area contributed by atoms with Gasteiger partial charge in [-0.05, 0) is 49.3 Å². The number of amides is 1. The van der Waals surface area contributed by atoms with Gasteiger partial charge in [-0.2, -0.15) is 0 Å². The van der Waals surface area contributed by atoms with Gasteiger partial charge in [0.25, 0.3) is 0 Å². The Hall–Kier alpha value is -1.57. The summed E-state index contributed by atoms with van der Waals surface area (Å²) in [5.41, 5.74) is 0.927. The molecule has 1 aliphatic heterocycles. The Kier molecular flexibility index (Phi) is 7.83. The summed E-state index contributed by atoms with van der Waals surface area (Å²) in [4.78, 5) is 28.0. The number of hydrogen-bond donors (Lipinski definition) is 3. The molecule has 2 aliphatic rings. The zero-order valence-corrected chi connectivity index (χ0v) is 18.5. The lowest BCUT2D eigenvalue weighted by molar-refractivity contribution is -0.131. The van der Waals surface area contributed by atoms with Gasteiger partial charge in [0, 0.05) is 29.6 Å². The van der Waals surface area contributed by atoms with Crippen molar-refractivity contribution in [3.63, 3.8) is 0 Å². The zero-order chi connectivity index (χ0) is 21.8. The highest BCUT2D eigenvalue weighted by Crippen LogP contribution is 2.37. The number of ketones is 1. The van der Waals surface area contributed by atoms with Crippen molar-refractivity contribution in [2.45, 2.75) is 64.4 Å². The molecular weight excluding hydrogens is 403 g/mol. The molecule has 1 heterocycles. The zero-order valence-electron chi connectivity index (χ0n) is 17.8. The van der Waals surface area contributed by atoms with E-state index >= 15 is 0 Å². The van der Waals surface area contributed by atoms with Crippen LogP contribution in [-0.4, -0.2) is 47.4 Å². The van der Waals surface area contributed by atoms with Crippen molar-refractivity contribution in [2.75, 3.05) is 11.4 Å². The predicted octanol–water partition coefficient (Wildman–Crippen LogP) is 2.84. The molecule has 0 bridgehead atoms. The fourth-order valence-corrected chi connectivity index (χ4v) is 4.35. The van der Waals surface area contributed by atoms with Crippen molar-refractivity contribution in [1.82, 2.24) is 5.32 Å². The lowest BCUT2D eigenvalue weighted by Crippen LogP contribution is -2.54. The SMILES string of the molecule is CC(C)C[C@@H](NC(=O)[C@@H](CC(=O)[C@@H]1CCN1c1cccc(Cl)c1)CC1CC1)B(O)O. The second-order valence-electron chi connectivity index (χ2n) is 9.18. The van der Waals surface area contributed by atoms with Gasteiger partial charge >= 0.3 is 7.12 Å². The fraction of sp³-hybridized carbons (Fsp3) is 0.636. The lowest BCUT2D eigenvalue weighted by atomic mass is 9.74. The highest BCUT2D eigenvalue weighted by Gasteiger charge is 2.39. The summed E-state index contributed by atoms with van der Waals surface area (Å²) in [6.07, 6.45) is 4.28. The monoisotopic (exact) mass is 434 g/mol. The van der Waals surface area contributed by atoms with Gasteiger partial charge in [0.15, 0.2) is 5.78 Å². The van der Waals surface area contributed by atoms with E-state index in [0.29, 0.717) is 23.8 Å². The maximum absolute atomic E-state index is 13.1. The van der Waals surface area contributed by atoms with E-state index in [1.54, 1.807) is 6.07 Å². The number of benzene rings is 1. The fourth-order valence-electron chi connectivity index (χ4n) is 4.17. The van der Waals surface area contributed by atoms with Crippen molar-refractivity contribution in [2.24, 2.45) is 17.8 Å². The summed E-state index contributed by atoms with van der Waals surface area (Å²) in [6.45, 7) is 4.73. The maximum atomic E-state index is 13.1. The minimum absolute atomic E-state index is 0.0620. The average Bonchev–Trinajstić information content (AvgIpc) is 3.43. The Morgan fingerprint density at radius 2 is 2.00 bits per heavy atom. The third-order valence-corrected chi connectivity index (χ3v) is 6.31. The van der Waals surface area contributed by atoms with Crippen molar-refractivity contribution in [3.05, 3.63) is 29.3 Å². The van der Waals surface area contributed by atoms with Gasteiger partial charge in [0.1, 0.15) is 0 Å². The Balaban J connectivity index is 1.63. The molecule has 30 heavy (non-hydrogen) atoms. The van der Waals surface area contributed by atoms with Crippen molar-refractivity contribution >= 4 is 36.1 Å². The number of carbonyl (C=O) groups is 2. The third kappa shape index (κ3) is 6.22. The number of nitrogens with zero attached hydrogens (tertiary/aromatic N) is 1. The van der Waals surface area contributed by atoms with Crippen LogP contribution in [0.25, 0.3) is 0 Å². The molecule has 1 saturated heterocycles. The number of halogens is 1. The van der Waals surface area contributed by atoms with E-state index in [9.17, 15) is 19.6 Å². The number of hydrogen-bond acceptors (Lipinski definition) is 5. The number of nitrogens with one attached hydrogen (secondary N) is 1. The molecule has 2 fully saturated rings. The average molecular weight is 435 g/mol. The number of carbonyl (C=O) groups excluding carboxylic acids is 2. The number of anilines is 1. The van der Waals surface area contributed by atoms with Crippen LogP contribution in [0.1, 0.15) is 52.4 Å². The molecule has 164 valence electrons. The van der Waals surface area contributed by atoms with Gasteiger partial charge in [0.05, 0.1) is 12.0 Å². The van der Waals surface area contributed by atoms with Crippen molar-refractivity contribution < 1.29 is 19.6 Å². The molecule has 0 radical (unpaired) electrons. The van der Waals surface area contributed by atoms with Crippen molar-refractivity contribution in [1.29, 1.82) is 0 Å². The van der Waals surface area contributed by atoms with Crippen LogP contribution in [0, 0.1) is 17.8 Å². The third-order valence-electron chi connectivity index (χ3n) is 6.08. The molecule has 3 N–H and O–H groups in total. The van der Waals surface area contributed by atoms with E-state index in [4.69, 9.17) is 11.6 Å². The first-order chi connectivity index (χ1) is 14.2. The Labute approximate surface area is 184 Å². The second-order valence-corrected chi connectivity index (χ2v) is 9.62. The minimum atomic E-state index is -1.61. The Bertz CT molecular complexity index is 756. The first-order valence-electron chi connectivity index (χ1n) is 11.0. The standard InChI is InChI=1S/C22H32BClN2O4/c1-14(2)10-21(23(29)30)25-22(28)16(11-15-6-7-15)12-20(27)19-8-9-26(19)18-5-3-4-17(24)13-18/h3-5,13-16,19,21,29-30H,6-12H2,1-2H3,(H,25,28)/t16-,19+,21-/m1/s1. The van der Waals surface area contributed by atoms with Crippen LogP contribution in [-0.2, 0) is 9.59 Å². The molecule has 0 aromatic heterocycles. The van der Waals surface area contributed by atoms with Gasteiger partial charge in [-0.1, -0.05) is 44.4 Å². The van der Waals surface area contributed by atoms with Gasteiger partial charge < -0.3 is 20.3 Å². The largest absolute Gasteiger partial charge is 0.475 e. The van der Waals surface area contributed by atoms with E-state index in [1.165, 1.54) is 0 Å². The normalized spacial score (nSPS) is 20.5. The summed E-state index contributed by atoms with van der Waals surface area (Å²) in [5, 5.41) is 22.7. The molecule has 8 heteroatoms. The van der Waals surface area contributed by atoms with Gasteiger partial charge in [-0.3, -0.25) is 9.59 Å². The predicted molar refractivity (Wildman–Crippen MR) is 119 cm³/mol. The lowest BCUT2D eigenvalue weighted by Gasteiger charge is -2.42. The second kappa shape index (κ2) is 10.2. The smallest absolute Gasteiger partial charge is 0.426 e. The Morgan fingerprint density at radius 3 is 2.53 bits per heavy atom. The molecule has 0 spiro atoms. The minimum Gasteiger partial charge on any atom is -0.426 e. The molecule has 3 atom stereocenters. The van der Waals surface area contributed by atoms with Crippen LogP contribution in [0.5, 0.6) is 0 Å². The molecule has 1 amide bonds. The van der Waals surface area contributed by atoms with Crippen LogP contribution < -0.4 is 10.2 Å². The summed E-state index contributed by atoms with van der Waals surface area (Å²) >= 11 is 6.09. The topological polar surface area (TPSA) is 89.9 Å². The summed E-state index contributed by atoms with van der Waals surface area (Å²) in [6, 6.07) is 7.25. The van der Waals surface area contributed by atoms with E-state index in [-0.39, 0.29) is 30.1 Å². The molecule has 3 rings (SSSR count). The van der Waals surface area contributed by atoms with Gasteiger partial charge in [-0.15, -0.1) is 0 Å². The van der Waals surface area contributed by atoms with E-state index in [2.05, 4.69) is 5.32 Å². The van der Waals surface area contributed by atoms with Crippen LogP contribution >= 0.6 is 11.6 Å². The number of Topliss-reactive ketones (excluding diaryl/α,β-unsaturated/α-hetero) is 1. The summed E-state index contributed by atoms with van der Waals surface area (Å²) in [7, 11) is -1.61. The molecule has 0 unspecified atom stereocenters. The van der Waals surface area contributed by atoms with Crippen LogP contribution in [0.4, 0.5) is 5.69 Å². The molecular formula is C22H32BClN2O4. The van der Waals surface area contributed by atoms with Gasteiger partial charge in [-0.25, -0.2) is 0 Å². The summed E-state index contributed by atoms with van der Waals surface area (Å²) in [5.74, 6) is -0.640. The van der Waals surface area contributed by atoms with Crippen LogP contribution in [0.2, 0.25) is 5.02 Å². The molecule has 6 nitrogen and oxygen atoms in total. The molecule has 1 aromatic carbocycles. The Morgan fingerprint density at radius 1 is 1.27 bits per heavy atom. The highest BCUT2D eigenvalue weighted by molar-refractivity contribution is 6.43. The van der Waals surface area contributed by atoms with Crippen LogP contribution in [0.3, 0.4) is 0 Å². The van der Waals surface area contributed by atoms with Crippen LogP contribution in [0.15, 0.2) is 24.3 Å². The first kappa shape index (κ1) is 23.1. The van der Waals surface area contributed by atoms with E-state index in [1.807, 2.05) is 36.9 Å². The molecule has 1 saturated carbocycles. The van der Waals surface area contributed by atoms with Gasteiger partial charge in [0.2, 0.25) is 5.91 Å². The molecule has 1 aliphatic carbocycles. The van der Waals surface area contributed by atoms with E-state index < -0.39 is 19.0 Å². The van der Waals surface area contributed by atoms with E-state index in [0.717, 1.165) is 31.5 Å². The quantitative estimate of drug-likeness (QED) is 0.466. The highest BCUT2D eigenvalue weighted by atomic mass is 35.5. The maximum Gasteiger partial charge on any atom is 0.475 e.